The van der Waals surface area contributed by atoms with Crippen molar-refractivity contribution in [3.8, 4) is 0 Å². The average Bonchev–Trinajstić information content (AvgIpc) is 3.00. The molecule has 5 unspecified atom stereocenters. The van der Waals surface area contributed by atoms with E-state index in [4.69, 9.17) is 11.6 Å². The number of hydrogen-bond acceptors (Lipinski definition) is 3. The highest BCUT2D eigenvalue weighted by atomic mass is 35.5. The van der Waals surface area contributed by atoms with Crippen LogP contribution in [0.2, 0.25) is 5.15 Å². The minimum absolute atomic E-state index is 0.130. The summed E-state index contributed by atoms with van der Waals surface area (Å²) in [6.45, 7) is 6.03. The summed E-state index contributed by atoms with van der Waals surface area (Å²) in [7, 11) is 0. The van der Waals surface area contributed by atoms with E-state index >= 15 is 0 Å². The van der Waals surface area contributed by atoms with Crippen LogP contribution in [-0.4, -0.2) is 32.4 Å². The summed E-state index contributed by atoms with van der Waals surface area (Å²) in [5.41, 5.74) is -0.324. The van der Waals surface area contributed by atoms with E-state index in [1.807, 2.05) is 20.8 Å². The largest absolute Gasteiger partial charge is 0.390 e. The van der Waals surface area contributed by atoms with Crippen LogP contribution < -0.4 is 5.32 Å². The molecule has 3 saturated carbocycles. The third-order valence-corrected chi connectivity index (χ3v) is 6.87. The van der Waals surface area contributed by atoms with E-state index in [0.29, 0.717) is 28.5 Å². The van der Waals surface area contributed by atoms with Crippen LogP contribution in [0.4, 0.5) is 0 Å². The number of nitrogens with one attached hydrogen (secondary N) is 1. The van der Waals surface area contributed by atoms with Crippen molar-refractivity contribution in [2.24, 2.45) is 17.8 Å². The lowest BCUT2D eigenvalue weighted by molar-refractivity contribution is -0.0247. The summed E-state index contributed by atoms with van der Waals surface area (Å²) in [4.78, 5) is 12.8. The van der Waals surface area contributed by atoms with Gasteiger partial charge < -0.3 is 10.4 Å². The molecule has 0 aliphatic heterocycles. The maximum atomic E-state index is 12.8. The van der Waals surface area contributed by atoms with E-state index in [1.54, 1.807) is 10.9 Å². The normalized spacial score (nSPS) is 37.2. The topological polar surface area (TPSA) is 67.2 Å². The first kappa shape index (κ1) is 17.3. The number of hydrogen-bond donors (Lipinski definition) is 2. The highest BCUT2D eigenvalue weighted by Gasteiger charge is 2.52. The van der Waals surface area contributed by atoms with Gasteiger partial charge in [0, 0.05) is 6.04 Å². The van der Waals surface area contributed by atoms with Gasteiger partial charge in [-0.05, 0) is 77.0 Å². The molecule has 3 bridgehead atoms. The molecule has 3 aliphatic rings. The van der Waals surface area contributed by atoms with Gasteiger partial charge in [0.1, 0.15) is 5.15 Å². The van der Waals surface area contributed by atoms with Crippen LogP contribution in [0.25, 0.3) is 0 Å². The zero-order valence-electron chi connectivity index (χ0n) is 15.3. The maximum Gasteiger partial charge on any atom is 0.256 e. The second-order valence-electron chi connectivity index (χ2n) is 9.44. The molecule has 25 heavy (non-hydrogen) atoms. The predicted molar refractivity (Wildman–Crippen MR) is 96.6 cm³/mol. The Labute approximate surface area is 154 Å². The summed E-state index contributed by atoms with van der Waals surface area (Å²) in [6, 6.07) is 0.130. The van der Waals surface area contributed by atoms with Gasteiger partial charge in [-0.25, -0.2) is 4.68 Å². The Hall–Kier alpha value is -1.07. The fourth-order valence-electron chi connectivity index (χ4n) is 5.50. The molecule has 138 valence electrons. The van der Waals surface area contributed by atoms with E-state index in [0.717, 1.165) is 32.1 Å². The lowest BCUT2D eigenvalue weighted by Gasteiger charge is -2.35. The van der Waals surface area contributed by atoms with Crippen LogP contribution in [-0.2, 0) is 5.54 Å². The van der Waals surface area contributed by atoms with Crippen LogP contribution in [0, 0.1) is 17.8 Å². The number of amides is 1. The monoisotopic (exact) mass is 365 g/mol. The molecular formula is C19H28ClN3O2. The summed E-state index contributed by atoms with van der Waals surface area (Å²) in [5, 5.41) is 18.8. The van der Waals surface area contributed by atoms with Crippen molar-refractivity contribution in [1.29, 1.82) is 0 Å². The quantitative estimate of drug-likeness (QED) is 0.844. The van der Waals surface area contributed by atoms with Crippen LogP contribution in [0.5, 0.6) is 0 Å². The molecule has 0 radical (unpaired) electrons. The smallest absolute Gasteiger partial charge is 0.256 e. The van der Waals surface area contributed by atoms with Gasteiger partial charge in [-0.1, -0.05) is 11.6 Å². The standard InChI is InChI=1S/C19H28ClN3O2/c1-18(2,3)23-16(20)14(10-21-23)17(24)22-15-4-5-19(25)8-11-6-12(9-19)13(15)7-11/h10-13,15,25H,4-9H2,1-3H3,(H,22,24). The summed E-state index contributed by atoms with van der Waals surface area (Å²) in [5.74, 6) is 1.52. The van der Waals surface area contributed by atoms with E-state index in [2.05, 4.69) is 10.4 Å². The molecule has 2 N–H and O–H groups in total. The minimum atomic E-state index is -0.503. The molecule has 1 aromatic rings. The highest BCUT2D eigenvalue weighted by molar-refractivity contribution is 6.32. The van der Waals surface area contributed by atoms with Crippen molar-refractivity contribution in [3.63, 3.8) is 0 Å². The predicted octanol–water partition coefficient (Wildman–Crippen LogP) is 3.35. The fourth-order valence-corrected chi connectivity index (χ4v) is 5.93. The Morgan fingerprint density at radius 2 is 2.16 bits per heavy atom. The molecule has 5 atom stereocenters. The Morgan fingerprint density at radius 1 is 1.40 bits per heavy atom. The van der Waals surface area contributed by atoms with Gasteiger partial charge in [0.15, 0.2) is 0 Å². The van der Waals surface area contributed by atoms with Crippen LogP contribution >= 0.6 is 11.6 Å². The SMILES string of the molecule is CC(C)(C)n1ncc(C(=O)NC2CCC3(O)CC4CC(C3)C2C4)c1Cl. The van der Waals surface area contributed by atoms with Crippen molar-refractivity contribution in [2.45, 2.75) is 76.5 Å². The van der Waals surface area contributed by atoms with Crippen LogP contribution in [0.1, 0.15) is 69.7 Å². The first-order valence-electron chi connectivity index (χ1n) is 9.43. The maximum absolute atomic E-state index is 12.8. The van der Waals surface area contributed by atoms with Crippen molar-refractivity contribution >= 4 is 17.5 Å². The van der Waals surface area contributed by atoms with Gasteiger partial charge in [-0.15, -0.1) is 0 Å². The van der Waals surface area contributed by atoms with Gasteiger partial charge in [-0.2, -0.15) is 5.10 Å². The van der Waals surface area contributed by atoms with Crippen molar-refractivity contribution < 1.29 is 9.90 Å². The summed E-state index contributed by atoms with van der Waals surface area (Å²) < 4.78 is 1.69. The van der Waals surface area contributed by atoms with Gasteiger partial charge in [0.2, 0.25) is 0 Å². The third kappa shape index (κ3) is 2.99. The zero-order valence-corrected chi connectivity index (χ0v) is 16.0. The van der Waals surface area contributed by atoms with Crippen LogP contribution in [0.3, 0.4) is 0 Å². The fraction of sp³-hybridized carbons (Fsp3) is 0.789. The van der Waals surface area contributed by atoms with Gasteiger partial charge in [0.25, 0.3) is 5.91 Å². The van der Waals surface area contributed by atoms with Gasteiger partial charge in [0.05, 0.1) is 22.9 Å². The molecule has 1 heterocycles. The number of carbonyl (C=O) groups excluding carboxylic acids is 1. The Kier molecular flexibility index (Phi) is 3.97. The number of fused-ring (bicyclic) bond motifs is 2. The van der Waals surface area contributed by atoms with Gasteiger partial charge in [-0.3, -0.25) is 4.79 Å². The second-order valence-corrected chi connectivity index (χ2v) is 9.80. The van der Waals surface area contributed by atoms with E-state index in [-0.39, 0.29) is 17.5 Å². The molecule has 0 saturated heterocycles. The zero-order chi connectivity index (χ0) is 18.0. The first-order valence-corrected chi connectivity index (χ1v) is 9.81. The lowest BCUT2D eigenvalue weighted by Crippen LogP contribution is -2.41. The molecule has 1 aromatic heterocycles. The number of rotatable bonds is 2. The molecule has 5 nitrogen and oxygen atoms in total. The first-order chi connectivity index (χ1) is 11.7. The number of aromatic nitrogens is 2. The van der Waals surface area contributed by atoms with Crippen LogP contribution in [0.15, 0.2) is 6.20 Å². The Morgan fingerprint density at radius 3 is 2.84 bits per heavy atom. The average molecular weight is 366 g/mol. The van der Waals surface area contributed by atoms with Crippen molar-refractivity contribution in [3.05, 3.63) is 16.9 Å². The number of nitrogens with zero attached hydrogens (tertiary/aromatic N) is 2. The molecule has 0 aromatic carbocycles. The number of carbonyl (C=O) groups is 1. The lowest BCUT2D eigenvalue weighted by atomic mass is 9.76. The molecule has 4 rings (SSSR count). The summed E-state index contributed by atoms with van der Waals surface area (Å²) >= 11 is 6.42. The minimum Gasteiger partial charge on any atom is -0.390 e. The number of halogens is 1. The van der Waals surface area contributed by atoms with Crippen molar-refractivity contribution in [2.75, 3.05) is 0 Å². The van der Waals surface area contributed by atoms with E-state index in [9.17, 15) is 9.90 Å². The Bertz CT molecular complexity index is 695. The van der Waals surface area contributed by atoms with Crippen molar-refractivity contribution in [1.82, 2.24) is 15.1 Å². The second kappa shape index (κ2) is 5.71. The van der Waals surface area contributed by atoms with Gasteiger partial charge >= 0.3 is 0 Å². The van der Waals surface area contributed by atoms with E-state index in [1.165, 1.54) is 6.42 Å². The molecule has 0 spiro atoms. The molecule has 1 amide bonds. The highest BCUT2D eigenvalue weighted by Crippen LogP contribution is 2.55. The molecule has 3 fully saturated rings. The third-order valence-electron chi connectivity index (χ3n) is 6.50. The summed E-state index contributed by atoms with van der Waals surface area (Å²) in [6.07, 6.45) is 7.40. The molecule has 6 heteroatoms. The molecule has 3 aliphatic carbocycles. The Balaban J connectivity index is 1.53. The van der Waals surface area contributed by atoms with E-state index < -0.39 is 5.60 Å². The number of aliphatic hydroxyl groups is 1. The molecular weight excluding hydrogens is 338 g/mol.